The van der Waals surface area contributed by atoms with Gasteiger partial charge >= 0.3 is 0 Å². The van der Waals surface area contributed by atoms with Crippen molar-refractivity contribution < 1.29 is 9.15 Å². The minimum Gasteiger partial charge on any atom is -0.457 e. The molecule has 214 valence electrons. The Balaban J connectivity index is 1.33. The Hall–Kier alpha value is -6.06. The predicted octanol–water partition coefficient (Wildman–Crippen LogP) is 11.2. The van der Waals surface area contributed by atoms with Crippen LogP contribution in [-0.4, -0.2) is 4.57 Å². The molecule has 0 unspecified atom stereocenters. The quantitative estimate of drug-likeness (QED) is 0.191. The van der Waals surface area contributed by atoms with E-state index >= 15 is 0 Å². The normalized spacial score (nSPS) is 14.0. The van der Waals surface area contributed by atoms with E-state index in [2.05, 4.69) is 150 Å². The summed E-state index contributed by atoms with van der Waals surface area (Å²) in [5.41, 5.74) is 11.9. The van der Waals surface area contributed by atoms with E-state index in [9.17, 15) is 0 Å². The molecule has 0 radical (unpaired) electrons. The first-order chi connectivity index (χ1) is 22.8. The van der Waals surface area contributed by atoms with Gasteiger partial charge in [0, 0.05) is 38.2 Å². The van der Waals surface area contributed by atoms with Gasteiger partial charge in [0.2, 0.25) is 0 Å². The topological polar surface area (TPSA) is 27.3 Å². The summed E-state index contributed by atoms with van der Waals surface area (Å²) in [6, 6.07) is 54.5. The Labute approximate surface area is 264 Å². The van der Waals surface area contributed by atoms with E-state index in [0.29, 0.717) is 0 Å². The predicted molar refractivity (Wildman–Crippen MR) is 185 cm³/mol. The zero-order valence-corrected chi connectivity index (χ0v) is 24.7. The monoisotopic (exact) mass is 587 g/mol. The van der Waals surface area contributed by atoms with Gasteiger partial charge in [0.25, 0.3) is 0 Å². The molecular formula is C43H25NO2. The lowest BCUT2D eigenvalue weighted by Gasteiger charge is -2.45. The number of rotatable bonds is 1. The van der Waals surface area contributed by atoms with Crippen molar-refractivity contribution in [1.29, 1.82) is 0 Å². The number of furan rings is 1. The van der Waals surface area contributed by atoms with Crippen LogP contribution in [0.15, 0.2) is 156 Å². The van der Waals surface area contributed by atoms with Gasteiger partial charge in [0.15, 0.2) is 0 Å². The number of ether oxygens (including phenoxy) is 1. The molecule has 2 aliphatic heterocycles. The first-order valence-electron chi connectivity index (χ1n) is 15.8. The first-order valence-corrected chi connectivity index (χ1v) is 15.8. The summed E-state index contributed by atoms with van der Waals surface area (Å²) in [7, 11) is 0. The third-order valence-corrected chi connectivity index (χ3v) is 10.3. The molecule has 7 aromatic carbocycles. The summed E-state index contributed by atoms with van der Waals surface area (Å²) in [5, 5.41) is 4.78. The van der Waals surface area contributed by atoms with E-state index in [1.165, 1.54) is 38.6 Å². The molecule has 2 aromatic heterocycles. The number of nitrogens with zero attached hydrogens (tertiary/aromatic N) is 1. The maximum atomic E-state index is 6.61. The zero-order chi connectivity index (χ0) is 30.0. The van der Waals surface area contributed by atoms with E-state index in [-0.39, 0.29) is 0 Å². The molecule has 1 spiro atoms. The van der Waals surface area contributed by atoms with Crippen molar-refractivity contribution in [2.75, 3.05) is 0 Å². The minimum atomic E-state index is -0.575. The van der Waals surface area contributed by atoms with Crippen LogP contribution < -0.4 is 4.74 Å². The van der Waals surface area contributed by atoms with Crippen molar-refractivity contribution in [2.45, 2.75) is 5.41 Å². The highest BCUT2D eigenvalue weighted by Gasteiger charge is 2.50. The van der Waals surface area contributed by atoms with Gasteiger partial charge in [-0.15, -0.1) is 0 Å². The fraction of sp³-hybridized carbons (Fsp3) is 0.0233. The van der Waals surface area contributed by atoms with Crippen LogP contribution in [0.4, 0.5) is 0 Å². The number of benzene rings is 7. The van der Waals surface area contributed by atoms with Gasteiger partial charge in [-0.05, 0) is 47.0 Å². The second-order valence-electron chi connectivity index (χ2n) is 12.4. The Morgan fingerprint density at radius 2 is 1.13 bits per heavy atom. The molecule has 4 heterocycles. The molecule has 0 fully saturated rings. The van der Waals surface area contributed by atoms with Gasteiger partial charge < -0.3 is 13.7 Å². The maximum Gasteiger partial charge on any atom is 0.143 e. The van der Waals surface area contributed by atoms with Crippen LogP contribution in [0.1, 0.15) is 22.3 Å². The molecule has 0 saturated heterocycles. The van der Waals surface area contributed by atoms with E-state index < -0.39 is 5.41 Å². The molecule has 2 aliphatic rings. The molecule has 46 heavy (non-hydrogen) atoms. The van der Waals surface area contributed by atoms with Gasteiger partial charge in [-0.2, -0.15) is 0 Å². The van der Waals surface area contributed by atoms with Crippen LogP contribution in [0.25, 0.3) is 60.6 Å². The van der Waals surface area contributed by atoms with Gasteiger partial charge in [0.1, 0.15) is 22.7 Å². The molecule has 0 atom stereocenters. The summed E-state index contributed by atoms with van der Waals surface area (Å²) in [6.07, 6.45) is 0. The third kappa shape index (κ3) is 2.84. The van der Waals surface area contributed by atoms with Gasteiger partial charge in [0.05, 0.1) is 22.1 Å². The molecule has 11 rings (SSSR count). The highest BCUT2D eigenvalue weighted by atomic mass is 16.5. The van der Waals surface area contributed by atoms with E-state index in [1.54, 1.807) is 0 Å². The van der Waals surface area contributed by atoms with Crippen LogP contribution in [0.5, 0.6) is 11.5 Å². The summed E-state index contributed by atoms with van der Waals surface area (Å²) in [6.45, 7) is 0. The third-order valence-electron chi connectivity index (χ3n) is 10.3. The Kier molecular flexibility index (Phi) is 4.52. The van der Waals surface area contributed by atoms with Crippen molar-refractivity contribution >= 4 is 43.7 Å². The van der Waals surface area contributed by atoms with Crippen LogP contribution in [-0.2, 0) is 5.41 Å². The van der Waals surface area contributed by atoms with Crippen LogP contribution >= 0.6 is 0 Å². The van der Waals surface area contributed by atoms with E-state index in [0.717, 1.165) is 55.7 Å². The molecule has 9 aromatic rings. The number of hydrogen-bond acceptors (Lipinski definition) is 2. The van der Waals surface area contributed by atoms with Gasteiger partial charge in [-0.25, -0.2) is 0 Å². The summed E-state index contributed by atoms with van der Waals surface area (Å²) >= 11 is 0. The van der Waals surface area contributed by atoms with Crippen LogP contribution in [0, 0.1) is 0 Å². The first kappa shape index (κ1) is 24.3. The fourth-order valence-corrected chi connectivity index (χ4v) is 8.47. The van der Waals surface area contributed by atoms with Crippen molar-refractivity contribution in [1.82, 2.24) is 4.57 Å². The van der Waals surface area contributed by atoms with Crippen LogP contribution in [0.3, 0.4) is 0 Å². The lowest BCUT2D eigenvalue weighted by molar-refractivity contribution is 0.434. The van der Waals surface area contributed by atoms with Crippen LogP contribution in [0.2, 0.25) is 0 Å². The number of fused-ring (bicyclic) bond motifs is 14. The molecule has 0 amide bonds. The van der Waals surface area contributed by atoms with Crippen molar-refractivity contribution in [2.24, 2.45) is 0 Å². The van der Waals surface area contributed by atoms with Gasteiger partial charge in [-0.1, -0.05) is 121 Å². The summed E-state index contributed by atoms with van der Waals surface area (Å²) < 4.78 is 15.6. The van der Waals surface area contributed by atoms with Crippen molar-refractivity contribution in [3.63, 3.8) is 0 Å². The molecule has 0 bridgehead atoms. The SMILES string of the molecule is c1ccc2c(c1)Oc1ccccc1C21c2ccc(-c3cccc4c3oc3ccccc34)cc2-n2c3ccccc3c3cccc1c32. The van der Waals surface area contributed by atoms with Gasteiger partial charge in [-0.3, -0.25) is 0 Å². The number of hydrogen-bond donors (Lipinski definition) is 0. The average Bonchev–Trinajstić information content (AvgIpc) is 3.67. The van der Waals surface area contributed by atoms with E-state index in [1.807, 2.05) is 6.07 Å². The largest absolute Gasteiger partial charge is 0.457 e. The Morgan fingerprint density at radius 1 is 0.478 bits per heavy atom. The Morgan fingerprint density at radius 3 is 1.98 bits per heavy atom. The summed E-state index contributed by atoms with van der Waals surface area (Å²) in [5.74, 6) is 1.79. The zero-order valence-electron chi connectivity index (χ0n) is 24.7. The second-order valence-corrected chi connectivity index (χ2v) is 12.4. The highest BCUT2D eigenvalue weighted by molar-refractivity contribution is 6.13. The van der Waals surface area contributed by atoms with Crippen molar-refractivity contribution in [3.05, 3.63) is 174 Å². The fourth-order valence-electron chi connectivity index (χ4n) is 8.47. The van der Waals surface area contributed by atoms with E-state index in [4.69, 9.17) is 9.15 Å². The molecular weight excluding hydrogens is 562 g/mol. The maximum absolute atomic E-state index is 6.61. The molecule has 0 saturated carbocycles. The molecule has 3 heteroatoms. The lowest BCUT2D eigenvalue weighted by Crippen LogP contribution is -2.37. The molecule has 0 aliphatic carbocycles. The molecule has 3 nitrogen and oxygen atoms in total. The minimum absolute atomic E-state index is 0.575. The average molecular weight is 588 g/mol. The number of para-hydroxylation sites is 6. The Bertz CT molecular complexity index is 2700. The second kappa shape index (κ2) is 8.56. The lowest BCUT2D eigenvalue weighted by atomic mass is 9.61. The highest BCUT2D eigenvalue weighted by Crippen LogP contribution is 2.60. The summed E-state index contributed by atoms with van der Waals surface area (Å²) in [4.78, 5) is 0. The van der Waals surface area contributed by atoms with Crippen molar-refractivity contribution in [3.8, 4) is 28.3 Å². The molecule has 0 N–H and O–H groups in total. The number of aromatic nitrogens is 1. The standard InChI is InChI=1S/C43H25NO2/c1-5-19-36-28(11-1)30-14-10-18-35-41(30)44(36)37-25-26(27-13-9-15-31-29-12-2-6-20-38(29)46-42(27)31)23-24-32(37)43(35)33-16-3-7-21-39(33)45-40-22-8-4-17-34(40)43/h1-25H. The smallest absolute Gasteiger partial charge is 0.143 e.